The first-order valence-corrected chi connectivity index (χ1v) is 10.2. The van der Waals surface area contributed by atoms with Crippen LogP contribution >= 0.6 is 0 Å². The summed E-state index contributed by atoms with van der Waals surface area (Å²) in [5, 5.41) is 0.554. The van der Waals surface area contributed by atoms with Crippen LogP contribution in [0.5, 0.6) is 17.2 Å². The number of nitrogens with zero attached hydrogens (tertiary/aromatic N) is 2. The van der Waals surface area contributed by atoms with E-state index in [4.69, 9.17) is 24.9 Å². The van der Waals surface area contributed by atoms with Crippen molar-refractivity contribution in [2.75, 3.05) is 21.3 Å². The lowest BCUT2D eigenvalue weighted by Gasteiger charge is -2.17. The number of benzene rings is 3. The zero-order chi connectivity index (χ0) is 22.7. The molecule has 4 rings (SSSR count). The van der Waals surface area contributed by atoms with Gasteiger partial charge in [-0.2, -0.15) is 0 Å². The Hall–Kier alpha value is -3.84. The Balaban J connectivity index is 1.98. The van der Waals surface area contributed by atoms with E-state index in [0.29, 0.717) is 52.6 Å². The van der Waals surface area contributed by atoms with E-state index in [0.717, 1.165) is 11.1 Å². The van der Waals surface area contributed by atoms with E-state index in [1.165, 1.54) is 0 Å². The molecule has 0 aliphatic heterocycles. The molecule has 0 amide bonds. The molecule has 0 saturated heterocycles. The molecule has 0 unspecified atom stereocenters. The van der Waals surface area contributed by atoms with Gasteiger partial charge in [-0.15, -0.1) is 0 Å². The van der Waals surface area contributed by atoms with E-state index in [9.17, 15) is 4.79 Å². The SMILES string of the molecule is COc1cc(-c2nc3ccccc3c(=O)n2Cc2cccc(CN)c2)cc(OC)c1OC. The van der Waals surface area contributed by atoms with Crippen LogP contribution in [0.2, 0.25) is 0 Å². The molecular formula is C25H25N3O4. The molecule has 164 valence electrons. The predicted octanol–water partition coefficient (Wildman–Crippen LogP) is 3.60. The zero-order valence-electron chi connectivity index (χ0n) is 18.3. The van der Waals surface area contributed by atoms with Crippen LogP contribution in [0.3, 0.4) is 0 Å². The summed E-state index contributed by atoms with van der Waals surface area (Å²) >= 11 is 0. The van der Waals surface area contributed by atoms with Gasteiger partial charge in [-0.1, -0.05) is 36.4 Å². The van der Waals surface area contributed by atoms with Gasteiger partial charge in [0.1, 0.15) is 5.82 Å². The van der Waals surface area contributed by atoms with E-state index in [-0.39, 0.29) is 5.56 Å². The van der Waals surface area contributed by atoms with Crippen molar-refractivity contribution in [1.29, 1.82) is 0 Å². The number of methoxy groups -OCH3 is 3. The van der Waals surface area contributed by atoms with Crippen molar-refractivity contribution in [2.24, 2.45) is 5.73 Å². The molecule has 0 radical (unpaired) electrons. The second-order valence-corrected chi connectivity index (χ2v) is 7.28. The lowest BCUT2D eigenvalue weighted by Crippen LogP contribution is -2.24. The van der Waals surface area contributed by atoms with Crippen LogP contribution in [0, 0.1) is 0 Å². The molecule has 0 aliphatic carbocycles. The summed E-state index contributed by atoms with van der Waals surface area (Å²) in [5.74, 6) is 1.96. The molecule has 7 heteroatoms. The third-order valence-electron chi connectivity index (χ3n) is 5.35. The average molecular weight is 431 g/mol. The first-order chi connectivity index (χ1) is 15.6. The van der Waals surface area contributed by atoms with Gasteiger partial charge in [-0.3, -0.25) is 9.36 Å². The van der Waals surface area contributed by atoms with E-state index in [1.807, 2.05) is 42.5 Å². The molecule has 0 atom stereocenters. The summed E-state index contributed by atoms with van der Waals surface area (Å²) in [6, 6.07) is 18.8. The minimum atomic E-state index is -0.127. The lowest BCUT2D eigenvalue weighted by atomic mass is 10.1. The molecule has 32 heavy (non-hydrogen) atoms. The fraction of sp³-hybridized carbons (Fsp3) is 0.200. The maximum atomic E-state index is 13.5. The molecule has 0 fully saturated rings. The standard InChI is InChI=1S/C25H25N3O4/c1-30-21-12-18(13-22(31-2)23(21)32-3)24-27-20-10-5-4-9-19(20)25(29)28(24)15-17-8-6-7-16(11-17)14-26/h4-13H,14-15,26H2,1-3H3. The predicted molar refractivity (Wildman–Crippen MR) is 125 cm³/mol. The third kappa shape index (κ3) is 3.90. The van der Waals surface area contributed by atoms with Crippen molar-refractivity contribution < 1.29 is 14.2 Å². The normalized spacial score (nSPS) is 10.9. The van der Waals surface area contributed by atoms with E-state index < -0.39 is 0 Å². The van der Waals surface area contributed by atoms with Gasteiger partial charge in [-0.25, -0.2) is 4.98 Å². The number of hydrogen-bond donors (Lipinski definition) is 1. The van der Waals surface area contributed by atoms with Gasteiger partial charge in [0.05, 0.1) is 38.8 Å². The average Bonchev–Trinajstić information content (AvgIpc) is 2.84. The summed E-state index contributed by atoms with van der Waals surface area (Å²) in [6.07, 6.45) is 0. The summed E-state index contributed by atoms with van der Waals surface area (Å²) in [5.41, 5.74) is 8.94. The Bertz CT molecular complexity index is 1310. The number of aromatic nitrogens is 2. The van der Waals surface area contributed by atoms with Crippen molar-refractivity contribution >= 4 is 10.9 Å². The Labute approximate surface area is 186 Å². The van der Waals surface area contributed by atoms with Crippen LogP contribution in [-0.2, 0) is 13.1 Å². The third-order valence-corrected chi connectivity index (χ3v) is 5.35. The molecule has 3 aromatic carbocycles. The molecule has 4 aromatic rings. The van der Waals surface area contributed by atoms with Gasteiger partial charge >= 0.3 is 0 Å². The first kappa shape index (κ1) is 21.4. The van der Waals surface area contributed by atoms with E-state index >= 15 is 0 Å². The second kappa shape index (κ2) is 9.11. The molecule has 1 heterocycles. The van der Waals surface area contributed by atoms with Crippen molar-refractivity contribution in [3.05, 3.63) is 82.1 Å². The number of ether oxygens (including phenoxy) is 3. The largest absolute Gasteiger partial charge is 0.493 e. The van der Waals surface area contributed by atoms with Gasteiger partial charge < -0.3 is 19.9 Å². The summed E-state index contributed by atoms with van der Waals surface area (Å²) in [6.45, 7) is 0.773. The van der Waals surface area contributed by atoms with Gasteiger partial charge in [0, 0.05) is 12.1 Å². The van der Waals surface area contributed by atoms with Crippen LogP contribution in [0.4, 0.5) is 0 Å². The minimum Gasteiger partial charge on any atom is -0.493 e. The molecule has 1 aromatic heterocycles. The Morgan fingerprint density at radius 2 is 1.56 bits per heavy atom. The molecule has 7 nitrogen and oxygen atoms in total. The van der Waals surface area contributed by atoms with Crippen LogP contribution in [0.25, 0.3) is 22.3 Å². The number of fused-ring (bicyclic) bond motifs is 1. The van der Waals surface area contributed by atoms with Crippen molar-refractivity contribution in [3.63, 3.8) is 0 Å². The van der Waals surface area contributed by atoms with E-state index in [2.05, 4.69) is 0 Å². The van der Waals surface area contributed by atoms with Crippen LogP contribution in [0.1, 0.15) is 11.1 Å². The van der Waals surface area contributed by atoms with Crippen molar-refractivity contribution in [2.45, 2.75) is 13.1 Å². The second-order valence-electron chi connectivity index (χ2n) is 7.28. The highest BCUT2D eigenvalue weighted by atomic mass is 16.5. The maximum absolute atomic E-state index is 13.5. The Kier molecular flexibility index (Phi) is 6.09. The van der Waals surface area contributed by atoms with Gasteiger partial charge in [-0.05, 0) is 35.4 Å². The molecule has 0 aliphatic rings. The molecule has 0 saturated carbocycles. The molecular weight excluding hydrogens is 406 g/mol. The fourth-order valence-corrected chi connectivity index (χ4v) is 3.78. The quantitative estimate of drug-likeness (QED) is 0.481. The summed E-state index contributed by atoms with van der Waals surface area (Å²) in [4.78, 5) is 18.4. The Morgan fingerprint density at radius 1 is 0.875 bits per heavy atom. The fourth-order valence-electron chi connectivity index (χ4n) is 3.78. The van der Waals surface area contributed by atoms with Gasteiger partial charge in [0.2, 0.25) is 5.75 Å². The molecule has 2 N–H and O–H groups in total. The highest BCUT2D eigenvalue weighted by Gasteiger charge is 2.19. The summed E-state index contributed by atoms with van der Waals surface area (Å²) < 4.78 is 18.1. The van der Waals surface area contributed by atoms with E-state index in [1.54, 1.807) is 44.1 Å². The van der Waals surface area contributed by atoms with Crippen LogP contribution in [0.15, 0.2) is 65.5 Å². The highest BCUT2D eigenvalue weighted by molar-refractivity contribution is 5.80. The van der Waals surface area contributed by atoms with Gasteiger partial charge in [0.25, 0.3) is 5.56 Å². The van der Waals surface area contributed by atoms with Gasteiger partial charge in [0.15, 0.2) is 11.5 Å². The topological polar surface area (TPSA) is 88.6 Å². The van der Waals surface area contributed by atoms with Crippen molar-refractivity contribution in [3.8, 4) is 28.6 Å². The molecule has 0 bridgehead atoms. The lowest BCUT2D eigenvalue weighted by molar-refractivity contribution is 0.324. The molecule has 0 spiro atoms. The first-order valence-electron chi connectivity index (χ1n) is 10.2. The Morgan fingerprint density at radius 3 is 2.22 bits per heavy atom. The maximum Gasteiger partial charge on any atom is 0.261 e. The highest BCUT2D eigenvalue weighted by Crippen LogP contribution is 2.40. The smallest absolute Gasteiger partial charge is 0.261 e. The zero-order valence-corrected chi connectivity index (χ0v) is 18.3. The van der Waals surface area contributed by atoms with Crippen LogP contribution < -0.4 is 25.5 Å². The monoisotopic (exact) mass is 431 g/mol. The van der Waals surface area contributed by atoms with Crippen molar-refractivity contribution in [1.82, 2.24) is 9.55 Å². The number of para-hydroxylation sites is 1. The number of hydrogen-bond acceptors (Lipinski definition) is 6. The van der Waals surface area contributed by atoms with Crippen LogP contribution in [-0.4, -0.2) is 30.9 Å². The number of nitrogens with two attached hydrogens (primary N) is 1. The number of rotatable bonds is 7. The summed E-state index contributed by atoms with van der Waals surface area (Å²) in [7, 11) is 4.66. The minimum absolute atomic E-state index is 0.127.